The lowest BCUT2D eigenvalue weighted by Crippen LogP contribution is -2.22. The lowest BCUT2D eigenvalue weighted by Gasteiger charge is -2.08. The summed E-state index contributed by atoms with van der Waals surface area (Å²) in [6.07, 6.45) is 2.63. The second-order valence-corrected chi connectivity index (χ2v) is 3.98. The van der Waals surface area contributed by atoms with Crippen LogP contribution in [-0.4, -0.2) is 52.7 Å². The molecule has 16 heavy (non-hydrogen) atoms. The van der Waals surface area contributed by atoms with Crippen LogP contribution in [0, 0.1) is 0 Å². The van der Waals surface area contributed by atoms with E-state index in [1.54, 1.807) is 7.11 Å². The molecule has 0 saturated carbocycles. The smallest absolute Gasteiger partial charge is 0.0700 e. The SMILES string of the molecule is COCCOCCNCCCCOC(C)C. The minimum atomic E-state index is 0.349. The molecule has 0 spiro atoms. The summed E-state index contributed by atoms with van der Waals surface area (Å²) in [4.78, 5) is 0. The minimum Gasteiger partial charge on any atom is -0.382 e. The minimum absolute atomic E-state index is 0.349. The number of unbranched alkanes of at least 4 members (excludes halogenated alkanes) is 1. The molecular weight excluding hydrogens is 206 g/mol. The predicted molar refractivity (Wildman–Crippen MR) is 65.9 cm³/mol. The molecule has 0 amide bonds. The summed E-state index contributed by atoms with van der Waals surface area (Å²) in [5.41, 5.74) is 0. The fourth-order valence-corrected chi connectivity index (χ4v) is 1.18. The molecule has 0 rings (SSSR count). The molecule has 0 aromatic carbocycles. The van der Waals surface area contributed by atoms with Crippen LogP contribution in [0.5, 0.6) is 0 Å². The average molecular weight is 233 g/mol. The Labute approximate surface area is 99.6 Å². The van der Waals surface area contributed by atoms with Crippen molar-refractivity contribution in [2.45, 2.75) is 32.8 Å². The van der Waals surface area contributed by atoms with Gasteiger partial charge in [0.25, 0.3) is 0 Å². The van der Waals surface area contributed by atoms with Gasteiger partial charge < -0.3 is 19.5 Å². The van der Waals surface area contributed by atoms with E-state index in [1.165, 1.54) is 0 Å². The highest BCUT2D eigenvalue weighted by atomic mass is 16.5. The molecule has 0 unspecified atom stereocenters. The molecule has 0 radical (unpaired) electrons. The van der Waals surface area contributed by atoms with Crippen molar-refractivity contribution in [3.05, 3.63) is 0 Å². The van der Waals surface area contributed by atoms with Gasteiger partial charge in [0, 0.05) is 20.3 Å². The van der Waals surface area contributed by atoms with Gasteiger partial charge >= 0.3 is 0 Å². The summed E-state index contributed by atoms with van der Waals surface area (Å²) in [7, 11) is 1.68. The maximum Gasteiger partial charge on any atom is 0.0700 e. The zero-order chi connectivity index (χ0) is 12.1. The van der Waals surface area contributed by atoms with Crippen molar-refractivity contribution in [2.24, 2.45) is 0 Å². The van der Waals surface area contributed by atoms with Gasteiger partial charge in [0.1, 0.15) is 0 Å². The number of rotatable bonds is 12. The Balaban J connectivity index is 2.88. The summed E-state index contributed by atoms with van der Waals surface area (Å²) in [5.74, 6) is 0. The van der Waals surface area contributed by atoms with Crippen LogP contribution in [0.15, 0.2) is 0 Å². The van der Waals surface area contributed by atoms with Gasteiger partial charge in [0.15, 0.2) is 0 Å². The van der Waals surface area contributed by atoms with Crippen molar-refractivity contribution >= 4 is 0 Å². The molecule has 0 aliphatic carbocycles. The van der Waals surface area contributed by atoms with Crippen LogP contribution in [0.1, 0.15) is 26.7 Å². The van der Waals surface area contributed by atoms with Crippen molar-refractivity contribution in [1.82, 2.24) is 5.32 Å². The lowest BCUT2D eigenvalue weighted by atomic mass is 10.3. The summed E-state index contributed by atoms with van der Waals surface area (Å²) in [5, 5.41) is 3.33. The molecular formula is C12H27NO3. The number of methoxy groups -OCH3 is 1. The Morgan fingerprint density at radius 1 is 0.938 bits per heavy atom. The van der Waals surface area contributed by atoms with Gasteiger partial charge in [0.05, 0.1) is 25.9 Å². The fraction of sp³-hybridized carbons (Fsp3) is 1.00. The standard InChI is InChI=1S/C12H27NO3/c1-12(2)16-8-5-4-6-13-7-9-15-11-10-14-3/h12-13H,4-11H2,1-3H3. The molecule has 0 atom stereocenters. The maximum atomic E-state index is 5.45. The zero-order valence-corrected chi connectivity index (χ0v) is 11.0. The highest BCUT2D eigenvalue weighted by Crippen LogP contribution is 1.93. The monoisotopic (exact) mass is 233 g/mol. The summed E-state index contributed by atoms with van der Waals surface area (Å²) in [6, 6.07) is 0. The lowest BCUT2D eigenvalue weighted by molar-refractivity contribution is 0.0706. The van der Waals surface area contributed by atoms with Crippen LogP contribution in [0.25, 0.3) is 0 Å². The summed E-state index contributed by atoms with van der Waals surface area (Å²) < 4.78 is 15.6. The van der Waals surface area contributed by atoms with E-state index < -0.39 is 0 Å². The normalized spacial score (nSPS) is 11.2. The van der Waals surface area contributed by atoms with Gasteiger partial charge in [-0.15, -0.1) is 0 Å². The number of nitrogens with one attached hydrogen (secondary N) is 1. The van der Waals surface area contributed by atoms with Crippen molar-refractivity contribution in [2.75, 3.05) is 46.6 Å². The first-order valence-corrected chi connectivity index (χ1v) is 6.16. The van der Waals surface area contributed by atoms with Gasteiger partial charge in [-0.3, -0.25) is 0 Å². The van der Waals surface area contributed by atoms with E-state index in [-0.39, 0.29) is 0 Å². The van der Waals surface area contributed by atoms with Crippen LogP contribution < -0.4 is 5.32 Å². The molecule has 4 nitrogen and oxygen atoms in total. The Bertz CT molecular complexity index is 131. The predicted octanol–water partition coefficient (Wildman–Crippen LogP) is 1.44. The summed E-state index contributed by atoms with van der Waals surface area (Å²) in [6.45, 7) is 9.05. The maximum absolute atomic E-state index is 5.45. The molecule has 1 N–H and O–H groups in total. The molecule has 0 aromatic rings. The molecule has 0 saturated heterocycles. The van der Waals surface area contributed by atoms with Crippen LogP contribution in [0.2, 0.25) is 0 Å². The quantitative estimate of drug-likeness (QED) is 0.518. The average Bonchev–Trinajstić information content (AvgIpc) is 2.25. The first-order valence-electron chi connectivity index (χ1n) is 6.16. The Kier molecular flexibility index (Phi) is 12.8. The van der Waals surface area contributed by atoms with Gasteiger partial charge in [0.2, 0.25) is 0 Å². The third-order valence-corrected chi connectivity index (χ3v) is 2.05. The Morgan fingerprint density at radius 2 is 1.75 bits per heavy atom. The van der Waals surface area contributed by atoms with E-state index in [2.05, 4.69) is 19.2 Å². The zero-order valence-electron chi connectivity index (χ0n) is 11.0. The molecule has 0 heterocycles. The second kappa shape index (κ2) is 12.9. The van der Waals surface area contributed by atoms with Crippen LogP contribution in [-0.2, 0) is 14.2 Å². The first kappa shape index (κ1) is 15.8. The molecule has 4 heteroatoms. The van der Waals surface area contributed by atoms with Crippen LogP contribution >= 0.6 is 0 Å². The second-order valence-electron chi connectivity index (χ2n) is 3.98. The van der Waals surface area contributed by atoms with Gasteiger partial charge in [-0.05, 0) is 33.2 Å². The third-order valence-electron chi connectivity index (χ3n) is 2.05. The molecule has 0 fully saturated rings. The number of hydrogen-bond donors (Lipinski definition) is 1. The van der Waals surface area contributed by atoms with Gasteiger partial charge in [-0.25, -0.2) is 0 Å². The Morgan fingerprint density at radius 3 is 2.44 bits per heavy atom. The largest absolute Gasteiger partial charge is 0.382 e. The van der Waals surface area contributed by atoms with Crippen molar-refractivity contribution < 1.29 is 14.2 Å². The van der Waals surface area contributed by atoms with Crippen molar-refractivity contribution in [3.8, 4) is 0 Å². The van der Waals surface area contributed by atoms with Crippen molar-refractivity contribution in [1.29, 1.82) is 0 Å². The van der Waals surface area contributed by atoms with E-state index in [1.807, 2.05) is 0 Å². The van der Waals surface area contributed by atoms with Crippen molar-refractivity contribution in [3.63, 3.8) is 0 Å². The van der Waals surface area contributed by atoms with Crippen LogP contribution in [0.4, 0.5) is 0 Å². The highest BCUT2D eigenvalue weighted by Gasteiger charge is 1.93. The number of ether oxygens (including phenoxy) is 3. The van der Waals surface area contributed by atoms with E-state index in [0.29, 0.717) is 19.3 Å². The molecule has 0 aromatic heterocycles. The molecule has 0 aliphatic heterocycles. The number of hydrogen-bond acceptors (Lipinski definition) is 4. The highest BCUT2D eigenvalue weighted by molar-refractivity contribution is 4.48. The Hall–Kier alpha value is -0.160. The first-order chi connectivity index (χ1) is 7.77. The summed E-state index contributed by atoms with van der Waals surface area (Å²) >= 11 is 0. The molecule has 98 valence electrons. The fourth-order valence-electron chi connectivity index (χ4n) is 1.18. The van der Waals surface area contributed by atoms with Gasteiger partial charge in [-0.1, -0.05) is 0 Å². The van der Waals surface area contributed by atoms with E-state index >= 15 is 0 Å². The molecule has 0 aliphatic rings. The topological polar surface area (TPSA) is 39.7 Å². The van der Waals surface area contributed by atoms with Crippen LogP contribution in [0.3, 0.4) is 0 Å². The third kappa shape index (κ3) is 13.8. The van der Waals surface area contributed by atoms with E-state index in [4.69, 9.17) is 14.2 Å². The molecule has 0 bridgehead atoms. The van der Waals surface area contributed by atoms with Gasteiger partial charge in [-0.2, -0.15) is 0 Å². The van der Waals surface area contributed by atoms with E-state index in [0.717, 1.165) is 39.1 Å². The van der Waals surface area contributed by atoms with E-state index in [9.17, 15) is 0 Å².